The average molecular weight is 316 g/mol. The number of aryl methyl sites for hydroxylation is 1. The summed E-state index contributed by atoms with van der Waals surface area (Å²) in [7, 11) is 0. The summed E-state index contributed by atoms with van der Waals surface area (Å²) >= 11 is 0. The molecule has 0 aliphatic carbocycles. The lowest BCUT2D eigenvalue weighted by Gasteiger charge is -2.32. The maximum absolute atomic E-state index is 12.0. The Morgan fingerprint density at radius 1 is 1.39 bits per heavy atom. The largest absolute Gasteiger partial charge is 0.503 e. The molecule has 1 fully saturated rings. The molecule has 0 radical (unpaired) electrons. The fraction of sp³-hybridized carbons (Fsp3) is 0.500. The van der Waals surface area contributed by atoms with Gasteiger partial charge in [-0.05, 0) is 44.4 Å². The van der Waals surface area contributed by atoms with Gasteiger partial charge in [0, 0.05) is 24.8 Å². The molecule has 1 aliphatic heterocycles. The number of pyridine rings is 1. The molecule has 1 N–H and O–H groups in total. The van der Waals surface area contributed by atoms with Gasteiger partial charge < -0.3 is 14.1 Å². The SMILES string of the molecule is Cc1cc(=O)c(O)c(CN2CCCC(C)C2)n1Cc1ccco1. The molecule has 1 saturated heterocycles. The van der Waals surface area contributed by atoms with Crippen LogP contribution < -0.4 is 5.43 Å². The molecule has 0 amide bonds. The first kappa shape index (κ1) is 15.9. The number of likely N-dealkylation sites (tertiary alicyclic amines) is 1. The second-order valence-corrected chi connectivity index (χ2v) is 6.59. The van der Waals surface area contributed by atoms with Crippen LogP contribution in [0.4, 0.5) is 0 Å². The Balaban J connectivity index is 1.94. The molecule has 0 bridgehead atoms. The molecule has 1 aliphatic rings. The van der Waals surface area contributed by atoms with E-state index in [1.54, 1.807) is 6.26 Å². The molecule has 3 rings (SSSR count). The lowest BCUT2D eigenvalue weighted by molar-refractivity contribution is 0.170. The van der Waals surface area contributed by atoms with Gasteiger partial charge in [-0.25, -0.2) is 0 Å². The smallest absolute Gasteiger partial charge is 0.223 e. The fourth-order valence-electron chi connectivity index (χ4n) is 3.40. The molecule has 0 saturated carbocycles. The lowest BCUT2D eigenvalue weighted by atomic mass is 10.00. The van der Waals surface area contributed by atoms with Gasteiger partial charge in [0.05, 0.1) is 18.5 Å². The first-order valence-electron chi connectivity index (χ1n) is 8.21. The van der Waals surface area contributed by atoms with E-state index in [1.165, 1.54) is 12.5 Å². The zero-order valence-electron chi connectivity index (χ0n) is 13.8. The van der Waals surface area contributed by atoms with E-state index in [0.717, 1.165) is 31.0 Å². The van der Waals surface area contributed by atoms with E-state index in [-0.39, 0.29) is 11.2 Å². The van der Waals surface area contributed by atoms with Crippen LogP contribution in [0.2, 0.25) is 0 Å². The van der Waals surface area contributed by atoms with Crippen molar-refractivity contribution < 1.29 is 9.52 Å². The number of hydrogen-bond acceptors (Lipinski definition) is 4. The second-order valence-electron chi connectivity index (χ2n) is 6.59. The number of aromatic nitrogens is 1. The third-order valence-corrected chi connectivity index (χ3v) is 4.61. The highest BCUT2D eigenvalue weighted by molar-refractivity contribution is 5.30. The van der Waals surface area contributed by atoms with Gasteiger partial charge in [-0.1, -0.05) is 6.92 Å². The van der Waals surface area contributed by atoms with Crippen LogP contribution >= 0.6 is 0 Å². The zero-order chi connectivity index (χ0) is 16.4. The minimum Gasteiger partial charge on any atom is -0.503 e. The summed E-state index contributed by atoms with van der Waals surface area (Å²) in [4.78, 5) is 14.3. The van der Waals surface area contributed by atoms with Crippen LogP contribution in [0.15, 0.2) is 33.7 Å². The first-order chi connectivity index (χ1) is 11.0. The third kappa shape index (κ3) is 3.50. The fourth-order valence-corrected chi connectivity index (χ4v) is 3.40. The maximum Gasteiger partial charge on any atom is 0.223 e. The summed E-state index contributed by atoms with van der Waals surface area (Å²) in [6.07, 6.45) is 4.05. The van der Waals surface area contributed by atoms with E-state index < -0.39 is 0 Å². The predicted octanol–water partition coefficient (Wildman–Crippen LogP) is 2.74. The highest BCUT2D eigenvalue weighted by Crippen LogP contribution is 2.22. The normalized spacial score (nSPS) is 19.1. The third-order valence-electron chi connectivity index (χ3n) is 4.61. The van der Waals surface area contributed by atoms with Gasteiger partial charge in [-0.2, -0.15) is 0 Å². The molecule has 0 spiro atoms. The van der Waals surface area contributed by atoms with Crippen molar-refractivity contribution in [3.05, 3.63) is 51.8 Å². The molecule has 2 aromatic rings. The van der Waals surface area contributed by atoms with E-state index in [9.17, 15) is 9.90 Å². The Morgan fingerprint density at radius 3 is 2.91 bits per heavy atom. The standard InChI is InChI=1S/C18H24N2O3/c1-13-5-3-7-19(10-13)12-16-18(22)17(21)9-14(2)20(16)11-15-6-4-8-23-15/h4,6,8-9,13,22H,3,5,7,10-12H2,1-2H3. The van der Waals surface area contributed by atoms with Crippen LogP contribution in [0.5, 0.6) is 5.75 Å². The van der Waals surface area contributed by atoms with E-state index in [1.807, 2.05) is 23.6 Å². The molecular weight excluding hydrogens is 292 g/mol. The molecule has 2 aromatic heterocycles. The van der Waals surface area contributed by atoms with Gasteiger partial charge in [0.1, 0.15) is 5.76 Å². The average Bonchev–Trinajstić information content (AvgIpc) is 3.01. The zero-order valence-corrected chi connectivity index (χ0v) is 13.8. The molecule has 124 valence electrons. The van der Waals surface area contributed by atoms with Crippen molar-refractivity contribution in [2.75, 3.05) is 13.1 Å². The molecule has 0 aromatic carbocycles. The van der Waals surface area contributed by atoms with Crippen molar-refractivity contribution >= 4 is 0 Å². The van der Waals surface area contributed by atoms with Crippen molar-refractivity contribution in [1.82, 2.24) is 9.47 Å². The van der Waals surface area contributed by atoms with Crippen LogP contribution in [-0.4, -0.2) is 27.7 Å². The Morgan fingerprint density at radius 2 is 2.22 bits per heavy atom. The summed E-state index contributed by atoms with van der Waals surface area (Å²) in [5, 5.41) is 10.3. The number of aromatic hydroxyl groups is 1. The topological polar surface area (TPSA) is 58.6 Å². The molecular formula is C18H24N2O3. The Hall–Kier alpha value is -2.01. The maximum atomic E-state index is 12.0. The molecule has 5 nitrogen and oxygen atoms in total. The van der Waals surface area contributed by atoms with Crippen LogP contribution in [0.3, 0.4) is 0 Å². The summed E-state index contributed by atoms with van der Waals surface area (Å²) in [5.74, 6) is 1.32. The Kier molecular flexibility index (Phi) is 4.57. The monoisotopic (exact) mass is 316 g/mol. The molecule has 23 heavy (non-hydrogen) atoms. The summed E-state index contributed by atoms with van der Waals surface area (Å²) in [6.45, 7) is 7.26. The van der Waals surface area contributed by atoms with Crippen LogP contribution in [-0.2, 0) is 13.1 Å². The van der Waals surface area contributed by atoms with Crippen molar-refractivity contribution in [3.8, 4) is 5.75 Å². The van der Waals surface area contributed by atoms with Crippen molar-refractivity contribution in [2.45, 2.75) is 39.8 Å². The van der Waals surface area contributed by atoms with Crippen molar-refractivity contribution in [2.24, 2.45) is 5.92 Å². The van der Waals surface area contributed by atoms with Crippen molar-refractivity contribution in [1.29, 1.82) is 0 Å². The molecule has 3 heterocycles. The highest BCUT2D eigenvalue weighted by Gasteiger charge is 2.21. The molecule has 5 heteroatoms. The Bertz CT molecular complexity index is 719. The highest BCUT2D eigenvalue weighted by atomic mass is 16.3. The van der Waals surface area contributed by atoms with Gasteiger partial charge in [-0.3, -0.25) is 9.69 Å². The second kappa shape index (κ2) is 6.62. The Labute approximate surface area is 136 Å². The minimum atomic E-state index is -0.307. The van der Waals surface area contributed by atoms with E-state index in [2.05, 4.69) is 11.8 Å². The summed E-state index contributed by atoms with van der Waals surface area (Å²) in [5.41, 5.74) is 1.21. The van der Waals surface area contributed by atoms with Crippen molar-refractivity contribution in [3.63, 3.8) is 0 Å². The first-order valence-corrected chi connectivity index (χ1v) is 8.21. The molecule has 1 unspecified atom stereocenters. The van der Waals surface area contributed by atoms with Crippen LogP contribution in [0.1, 0.15) is 36.9 Å². The predicted molar refractivity (Wildman–Crippen MR) is 88.6 cm³/mol. The van der Waals surface area contributed by atoms with Gasteiger partial charge in [0.15, 0.2) is 5.75 Å². The van der Waals surface area contributed by atoms with E-state index >= 15 is 0 Å². The van der Waals surface area contributed by atoms with E-state index in [4.69, 9.17) is 4.42 Å². The number of piperidine rings is 1. The van der Waals surface area contributed by atoms with Gasteiger partial charge >= 0.3 is 0 Å². The van der Waals surface area contributed by atoms with E-state index in [0.29, 0.717) is 24.7 Å². The number of hydrogen-bond donors (Lipinski definition) is 1. The lowest BCUT2D eigenvalue weighted by Crippen LogP contribution is -2.35. The van der Waals surface area contributed by atoms with Gasteiger partial charge in [0.2, 0.25) is 5.43 Å². The quantitative estimate of drug-likeness (QED) is 0.942. The minimum absolute atomic E-state index is 0.139. The number of nitrogens with zero attached hydrogens (tertiary/aromatic N) is 2. The molecule has 1 atom stereocenters. The number of furan rings is 1. The van der Waals surface area contributed by atoms with Crippen LogP contribution in [0, 0.1) is 12.8 Å². The number of rotatable bonds is 4. The van der Waals surface area contributed by atoms with Gasteiger partial charge in [-0.15, -0.1) is 0 Å². The summed E-state index contributed by atoms with van der Waals surface area (Å²) in [6, 6.07) is 5.24. The van der Waals surface area contributed by atoms with Crippen LogP contribution in [0.25, 0.3) is 0 Å². The summed E-state index contributed by atoms with van der Waals surface area (Å²) < 4.78 is 7.41. The van der Waals surface area contributed by atoms with Gasteiger partial charge in [0.25, 0.3) is 0 Å².